The largest absolute Gasteiger partial charge is 0.573 e. The third-order valence-corrected chi connectivity index (χ3v) is 6.56. The summed E-state index contributed by atoms with van der Waals surface area (Å²) in [6.45, 7) is 0.516. The number of β-amino-alcohol motifs (C(OH)–C–C–N with tert-alkyl or cyclic N) is 1. The van der Waals surface area contributed by atoms with E-state index in [2.05, 4.69) is 9.47 Å². The average molecular weight is 579 g/mol. The highest BCUT2D eigenvalue weighted by Gasteiger charge is 2.48. The van der Waals surface area contributed by atoms with Crippen LogP contribution in [0.25, 0.3) is 0 Å². The molecule has 40 heavy (non-hydrogen) atoms. The molecule has 1 N–H and O–H groups in total. The number of benzene rings is 3. The summed E-state index contributed by atoms with van der Waals surface area (Å²) in [7, 11) is 0. The maximum Gasteiger partial charge on any atom is 0.573 e. The molecule has 3 aromatic carbocycles. The van der Waals surface area contributed by atoms with Gasteiger partial charge in [-0.05, 0) is 59.9 Å². The van der Waals surface area contributed by atoms with Crippen LogP contribution < -0.4 is 14.4 Å². The number of aliphatic hydroxyl groups excluding tert-OH is 1. The lowest BCUT2D eigenvalue weighted by Gasteiger charge is -2.33. The van der Waals surface area contributed by atoms with E-state index < -0.39 is 48.5 Å². The van der Waals surface area contributed by atoms with Crippen LogP contribution in [0, 0.1) is 6.92 Å². The number of ether oxygens (including phenoxy) is 2. The predicted octanol–water partition coefficient (Wildman–Crippen LogP) is 7.06. The molecule has 0 fully saturated rings. The van der Waals surface area contributed by atoms with Crippen molar-refractivity contribution in [1.29, 1.82) is 0 Å². The molecule has 0 bridgehead atoms. The van der Waals surface area contributed by atoms with Gasteiger partial charge in [0, 0.05) is 17.6 Å². The van der Waals surface area contributed by atoms with Crippen molar-refractivity contribution in [3.8, 4) is 11.5 Å². The van der Waals surface area contributed by atoms with Gasteiger partial charge in [0.2, 0.25) is 0 Å². The van der Waals surface area contributed by atoms with E-state index in [4.69, 9.17) is 0 Å². The van der Waals surface area contributed by atoms with Crippen molar-refractivity contribution in [2.24, 2.45) is 0 Å². The van der Waals surface area contributed by atoms with Crippen LogP contribution in [0.2, 0.25) is 0 Å². The third kappa shape index (κ3) is 6.57. The molecule has 0 aromatic heterocycles. The minimum atomic E-state index is -5.03. The Balaban J connectivity index is 1.88. The van der Waals surface area contributed by atoms with E-state index in [0.29, 0.717) is 16.8 Å². The molecule has 13 heteroatoms. The van der Waals surface area contributed by atoms with Gasteiger partial charge in [0.15, 0.2) is 6.10 Å². The summed E-state index contributed by atoms with van der Waals surface area (Å²) in [4.78, 5) is 1.29. The Kier molecular flexibility index (Phi) is 7.65. The molecule has 0 aliphatic carbocycles. The van der Waals surface area contributed by atoms with Crippen molar-refractivity contribution in [1.82, 2.24) is 0 Å². The Labute approximate surface area is 222 Å². The summed E-state index contributed by atoms with van der Waals surface area (Å²) in [6.07, 6.45) is -17.8. The lowest BCUT2D eigenvalue weighted by Crippen LogP contribution is -2.44. The molecule has 2 atom stereocenters. The second kappa shape index (κ2) is 10.4. The quantitative estimate of drug-likeness (QED) is 0.305. The third-order valence-electron chi connectivity index (χ3n) is 6.56. The number of anilines is 1. The molecule has 0 radical (unpaired) electrons. The number of rotatable bonds is 7. The number of hydrogen-bond donors (Lipinski definition) is 1. The number of aliphatic hydroxyl groups is 1. The molecule has 1 aliphatic rings. The fraction of sp³-hybridized carbons (Fsp3) is 0.333. The Hall–Kier alpha value is -3.61. The van der Waals surface area contributed by atoms with Gasteiger partial charge in [-0.3, -0.25) is 0 Å². The molecule has 0 saturated heterocycles. The minimum absolute atomic E-state index is 0.132. The van der Waals surface area contributed by atoms with Crippen LogP contribution in [0.1, 0.15) is 22.3 Å². The molecule has 1 unspecified atom stereocenters. The van der Waals surface area contributed by atoms with E-state index in [9.17, 15) is 44.6 Å². The first-order valence-corrected chi connectivity index (χ1v) is 11.8. The zero-order valence-corrected chi connectivity index (χ0v) is 20.7. The zero-order valence-electron chi connectivity index (χ0n) is 20.7. The number of hydrogen-bond acceptors (Lipinski definition) is 4. The van der Waals surface area contributed by atoms with Crippen LogP contribution in [0.3, 0.4) is 0 Å². The molecule has 0 saturated carbocycles. The first-order chi connectivity index (χ1) is 18.5. The van der Waals surface area contributed by atoms with Crippen LogP contribution in [0.4, 0.5) is 45.2 Å². The summed E-state index contributed by atoms with van der Waals surface area (Å²) < 4.78 is 126. The molecular formula is C27H22F9NO3. The van der Waals surface area contributed by atoms with Crippen molar-refractivity contribution in [2.75, 3.05) is 18.0 Å². The highest BCUT2D eigenvalue weighted by molar-refractivity contribution is 5.70. The lowest BCUT2D eigenvalue weighted by molar-refractivity contribution is -0.275. The number of para-hydroxylation sites is 1. The van der Waals surface area contributed by atoms with Gasteiger partial charge in [-0.25, -0.2) is 0 Å². The predicted molar refractivity (Wildman–Crippen MR) is 126 cm³/mol. The molecule has 1 aliphatic heterocycles. The molecule has 4 rings (SSSR count). The van der Waals surface area contributed by atoms with E-state index >= 15 is 0 Å². The summed E-state index contributed by atoms with van der Waals surface area (Å²) >= 11 is 0. The van der Waals surface area contributed by atoms with Gasteiger partial charge in [0.1, 0.15) is 11.5 Å². The van der Waals surface area contributed by atoms with Crippen LogP contribution >= 0.6 is 0 Å². The molecule has 216 valence electrons. The number of aryl methyl sites for hydroxylation is 1. The number of halogens is 9. The highest BCUT2D eigenvalue weighted by atomic mass is 19.4. The Bertz CT molecular complexity index is 1350. The van der Waals surface area contributed by atoms with E-state index in [-0.39, 0.29) is 24.1 Å². The smallest absolute Gasteiger partial charge is 0.406 e. The van der Waals surface area contributed by atoms with Gasteiger partial charge in [0.05, 0.1) is 6.54 Å². The van der Waals surface area contributed by atoms with E-state index in [1.807, 2.05) is 0 Å². The minimum Gasteiger partial charge on any atom is -0.406 e. The number of alkyl halides is 9. The molecule has 3 aromatic rings. The standard InChI is InChI=1S/C27H22F9NO3/c1-16-5-2-10-21-23(16)37(14-22(38)25(28,29)30)15-24(21,18-7-4-9-20(12-18)40-27(34,35)36)13-17-6-3-8-19(11-17)39-26(31,32)33/h2-12,22,38H,13-15H2,1H3/t22-,24?/m1/s1. The molecule has 4 nitrogen and oxygen atoms in total. The molecule has 0 spiro atoms. The van der Waals surface area contributed by atoms with Crippen LogP contribution in [-0.2, 0) is 11.8 Å². The van der Waals surface area contributed by atoms with Crippen LogP contribution in [0.15, 0.2) is 66.7 Å². The van der Waals surface area contributed by atoms with E-state index in [0.717, 1.165) is 24.3 Å². The van der Waals surface area contributed by atoms with Gasteiger partial charge in [-0.15, -0.1) is 26.3 Å². The second-order valence-electron chi connectivity index (χ2n) is 9.44. The molecule has 0 amide bonds. The van der Waals surface area contributed by atoms with E-state index in [1.54, 1.807) is 25.1 Å². The topological polar surface area (TPSA) is 41.9 Å². The Morgan fingerprint density at radius 2 is 1.40 bits per heavy atom. The zero-order chi connectivity index (χ0) is 29.5. The maximum absolute atomic E-state index is 13.3. The first kappa shape index (κ1) is 29.4. The summed E-state index contributed by atoms with van der Waals surface area (Å²) in [6, 6.07) is 14.7. The molecular weight excluding hydrogens is 557 g/mol. The van der Waals surface area contributed by atoms with Crippen molar-refractivity contribution < 1.29 is 54.1 Å². The van der Waals surface area contributed by atoms with E-state index in [1.165, 1.54) is 29.2 Å². The van der Waals surface area contributed by atoms with Gasteiger partial charge in [-0.2, -0.15) is 13.2 Å². The van der Waals surface area contributed by atoms with Crippen molar-refractivity contribution in [2.45, 2.75) is 43.8 Å². The summed E-state index contributed by atoms with van der Waals surface area (Å²) in [5.41, 5.74) is 0.422. The number of fused-ring (bicyclic) bond motifs is 1. The summed E-state index contributed by atoms with van der Waals surface area (Å²) in [5.74, 6) is -1.12. The Morgan fingerprint density at radius 1 is 0.825 bits per heavy atom. The SMILES string of the molecule is Cc1cccc2c1N(C[C@@H](O)C(F)(F)F)CC2(Cc1cccc(OC(F)(F)F)c1)c1cccc(OC(F)(F)F)c1. The first-order valence-electron chi connectivity index (χ1n) is 11.8. The fourth-order valence-corrected chi connectivity index (χ4v) is 5.11. The van der Waals surface area contributed by atoms with Crippen molar-refractivity contribution >= 4 is 5.69 Å². The monoisotopic (exact) mass is 579 g/mol. The normalized spacial score (nSPS) is 18.4. The summed E-state index contributed by atoms with van der Waals surface area (Å²) in [5, 5.41) is 9.87. The number of nitrogens with zero attached hydrogens (tertiary/aromatic N) is 1. The average Bonchev–Trinajstić information content (AvgIpc) is 3.12. The highest BCUT2D eigenvalue weighted by Crippen LogP contribution is 2.50. The Morgan fingerprint density at radius 3 is 2.00 bits per heavy atom. The van der Waals surface area contributed by atoms with Gasteiger partial charge in [-0.1, -0.05) is 42.5 Å². The maximum atomic E-state index is 13.3. The van der Waals surface area contributed by atoms with Gasteiger partial charge >= 0.3 is 18.9 Å². The van der Waals surface area contributed by atoms with Gasteiger partial charge in [0.25, 0.3) is 0 Å². The molecule has 1 heterocycles. The van der Waals surface area contributed by atoms with Crippen molar-refractivity contribution in [3.63, 3.8) is 0 Å². The lowest BCUT2D eigenvalue weighted by atomic mass is 9.71. The van der Waals surface area contributed by atoms with Crippen molar-refractivity contribution in [3.05, 3.63) is 89.0 Å². The van der Waals surface area contributed by atoms with Gasteiger partial charge < -0.3 is 19.5 Å². The fourth-order valence-electron chi connectivity index (χ4n) is 5.11. The second-order valence-corrected chi connectivity index (χ2v) is 9.44. The van der Waals surface area contributed by atoms with Crippen LogP contribution in [0.5, 0.6) is 11.5 Å². The van der Waals surface area contributed by atoms with Crippen LogP contribution in [-0.4, -0.2) is 43.2 Å².